The Balaban J connectivity index is -0.00000264. The second kappa shape index (κ2) is 22.9. The number of unbranched alkanes of at least 4 members (excludes halogenated alkanes) is 14. The minimum absolute atomic E-state index is 0. The van der Waals surface area contributed by atoms with Crippen molar-refractivity contribution in [3.8, 4) is 0 Å². The van der Waals surface area contributed by atoms with E-state index >= 15 is 0 Å². The van der Waals surface area contributed by atoms with Gasteiger partial charge in [-0.2, -0.15) is 0 Å². The SMILES string of the molecule is CCCCCCCCCCCCCCCCCC(=O)OP(=O)([O-])[O-].[Ca+2].[MgH2]. The van der Waals surface area contributed by atoms with Gasteiger partial charge in [0.05, 0.1) is 0 Å². The van der Waals surface area contributed by atoms with Crippen LogP contribution in [0.4, 0.5) is 0 Å². The van der Waals surface area contributed by atoms with Gasteiger partial charge in [0.25, 0.3) is 0 Å². The number of phosphoric ester groups is 1. The molecule has 0 aromatic heterocycles. The zero-order chi connectivity index (χ0) is 18.1. The van der Waals surface area contributed by atoms with Crippen LogP contribution < -0.4 is 9.79 Å². The molecule has 148 valence electrons. The predicted octanol–water partition coefficient (Wildman–Crippen LogP) is 3.32. The fraction of sp³-hybridized carbons (Fsp3) is 0.944. The van der Waals surface area contributed by atoms with Crippen molar-refractivity contribution in [1.29, 1.82) is 0 Å². The van der Waals surface area contributed by atoms with E-state index in [4.69, 9.17) is 0 Å². The van der Waals surface area contributed by atoms with Gasteiger partial charge in [-0.05, 0) is 6.42 Å². The number of phosphoric acid groups is 1. The van der Waals surface area contributed by atoms with Crippen molar-refractivity contribution in [2.24, 2.45) is 0 Å². The zero-order valence-electron chi connectivity index (χ0n) is 16.0. The van der Waals surface area contributed by atoms with Crippen molar-refractivity contribution in [2.75, 3.05) is 0 Å². The molecule has 26 heavy (non-hydrogen) atoms. The molecule has 0 aromatic carbocycles. The van der Waals surface area contributed by atoms with Gasteiger partial charge in [0.1, 0.15) is 7.82 Å². The third-order valence-corrected chi connectivity index (χ3v) is 4.63. The molecule has 0 rings (SSSR count). The van der Waals surface area contributed by atoms with Crippen LogP contribution in [-0.4, -0.2) is 66.8 Å². The Hall–Kier alpha value is 1.65. The molecule has 0 atom stereocenters. The fourth-order valence-corrected chi connectivity index (χ4v) is 3.15. The van der Waals surface area contributed by atoms with Gasteiger partial charge < -0.3 is 18.9 Å². The van der Waals surface area contributed by atoms with Crippen LogP contribution in [-0.2, 0) is 13.9 Å². The van der Waals surface area contributed by atoms with E-state index in [1.54, 1.807) is 0 Å². The molecule has 0 bridgehead atoms. The fourth-order valence-electron chi connectivity index (χ4n) is 2.81. The summed E-state index contributed by atoms with van der Waals surface area (Å²) in [5.74, 6) is -0.932. The molecular formula is C18H37CaMgO5P. The maximum Gasteiger partial charge on any atom is 2.00 e. The molecular weight excluding hydrogens is 392 g/mol. The Kier molecular flexibility index (Phi) is 28.5. The van der Waals surface area contributed by atoms with E-state index in [0.29, 0.717) is 6.42 Å². The predicted molar refractivity (Wildman–Crippen MR) is 108 cm³/mol. The largest absolute Gasteiger partial charge is 2.00 e. The molecule has 0 aliphatic heterocycles. The first-order chi connectivity index (χ1) is 11.5. The monoisotopic (exact) mass is 428 g/mol. The molecule has 5 nitrogen and oxygen atoms in total. The van der Waals surface area contributed by atoms with Gasteiger partial charge in [0.15, 0.2) is 0 Å². The Morgan fingerprint density at radius 3 is 1.35 bits per heavy atom. The van der Waals surface area contributed by atoms with Crippen molar-refractivity contribution < 1.29 is 23.7 Å². The van der Waals surface area contributed by atoms with E-state index in [1.165, 1.54) is 70.6 Å². The van der Waals surface area contributed by atoms with E-state index in [9.17, 15) is 19.1 Å². The van der Waals surface area contributed by atoms with Gasteiger partial charge in [0.2, 0.25) is 0 Å². The van der Waals surface area contributed by atoms with Crippen LogP contribution in [0.2, 0.25) is 0 Å². The number of carbonyl (C=O) groups is 1. The zero-order valence-corrected chi connectivity index (χ0v) is 19.1. The maximum absolute atomic E-state index is 11.0. The number of hydrogen-bond acceptors (Lipinski definition) is 5. The molecule has 0 aliphatic carbocycles. The van der Waals surface area contributed by atoms with Crippen LogP contribution in [0.1, 0.15) is 110 Å². The summed E-state index contributed by atoms with van der Waals surface area (Å²) in [5, 5.41) is 0. The first-order valence-electron chi connectivity index (χ1n) is 9.70. The first kappa shape index (κ1) is 32.3. The van der Waals surface area contributed by atoms with Crippen molar-refractivity contribution in [1.82, 2.24) is 0 Å². The van der Waals surface area contributed by atoms with Gasteiger partial charge in [-0.15, -0.1) is 0 Å². The molecule has 0 aromatic rings. The molecule has 0 radical (unpaired) electrons. The van der Waals surface area contributed by atoms with Gasteiger partial charge in [0, 0.05) is 6.42 Å². The Labute approximate surface area is 206 Å². The molecule has 0 saturated heterocycles. The van der Waals surface area contributed by atoms with Crippen LogP contribution >= 0.6 is 7.82 Å². The summed E-state index contributed by atoms with van der Waals surface area (Å²) in [7, 11) is -5.16. The molecule has 0 aliphatic rings. The smallest absolute Gasteiger partial charge is 0.780 e. The Morgan fingerprint density at radius 2 is 1.04 bits per heavy atom. The topological polar surface area (TPSA) is 89.5 Å². The van der Waals surface area contributed by atoms with E-state index < -0.39 is 13.8 Å². The Morgan fingerprint density at radius 1 is 0.731 bits per heavy atom. The van der Waals surface area contributed by atoms with Crippen LogP contribution in [0.25, 0.3) is 0 Å². The molecule has 0 N–H and O–H groups in total. The standard InChI is InChI=1S/C18H37O5P.Ca.Mg.2H/c1-2-3-4-5-6-7-8-9-10-11-12-13-14-15-16-17-18(19)23-24(20,21)22;;;;/h2-17H2,1H3,(H2,20,21,22);;;;/q;+2;;;/p-2. The van der Waals surface area contributed by atoms with Gasteiger partial charge >= 0.3 is 66.8 Å². The summed E-state index contributed by atoms with van der Waals surface area (Å²) < 4.78 is 14.0. The molecule has 0 unspecified atom stereocenters. The second-order valence-electron chi connectivity index (χ2n) is 6.61. The summed E-state index contributed by atoms with van der Waals surface area (Å²) in [5.41, 5.74) is 0. The summed E-state index contributed by atoms with van der Waals surface area (Å²) >= 11 is 0. The van der Waals surface area contributed by atoms with Crippen molar-refractivity contribution >= 4 is 74.6 Å². The Bertz CT molecular complexity index is 352. The summed E-state index contributed by atoms with van der Waals surface area (Å²) in [6.45, 7) is 2.25. The summed E-state index contributed by atoms with van der Waals surface area (Å²) in [4.78, 5) is 31.5. The molecule has 0 fully saturated rings. The van der Waals surface area contributed by atoms with Crippen LogP contribution in [0.3, 0.4) is 0 Å². The normalized spacial score (nSPS) is 10.7. The minimum Gasteiger partial charge on any atom is -0.780 e. The van der Waals surface area contributed by atoms with Gasteiger partial charge in [-0.1, -0.05) is 96.8 Å². The molecule has 8 heteroatoms. The maximum atomic E-state index is 11.0. The number of hydrogen-bond donors (Lipinski definition) is 0. The van der Waals surface area contributed by atoms with Crippen molar-refractivity contribution in [3.63, 3.8) is 0 Å². The minimum atomic E-state index is -5.16. The van der Waals surface area contributed by atoms with E-state index in [0.717, 1.165) is 19.3 Å². The second-order valence-corrected chi connectivity index (χ2v) is 7.69. The van der Waals surface area contributed by atoms with E-state index in [-0.39, 0.29) is 67.2 Å². The molecule has 0 spiro atoms. The van der Waals surface area contributed by atoms with Crippen LogP contribution in [0.5, 0.6) is 0 Å². The van der Waals surface area contributed by atoms with E-state index in [1.807, 2.05) is 0 Å². The quantitative estimate of drug-likeness (QED) is 0.201. The van der Waals surface area contributed by atoms with Crippen molar-refractivity contribution in [3.05, 3.63) is 0 Å². The van der Waals surface area contributed by atoms with Crippen molar-refractivity contribution in [2.45, 2.75) is 110 Å². The van der Waals surface area contributed by atoms with Crippen LogP contribution in [0, 0.1) is 0 Å². The van der Waals surface area contributed by atoms with Gasteiger partial charge in [-0.25, -0.2) is 0 Å². The van der Waals surface area contributed by atoms with E-state index in [2.05, 4.69) is 11.4 Å². The number of rotatable bonds is 17. The average Bonchev–Trinajstić information content (AvgIpc) is 2.49. The van der Waals surface area contributed by atoms with Gasteiger partial charge in [-0.3, -0.25) is 4.79 Å². The summed E-state index contributed by atoms with van der Waals surface area (Å²) in [6, 6.07) is 0. The van der Waals surface area contributed by atoms with Crippen LogP contribution in [0.15, 0.2) is 0 Å². The third-order valence-electron chi connectivity index (χ3n) is 4.20. The average molecular weight is 429 g/mol. The number of carbonyl (C=O) groups excluding carboxylic acids is 1. The molecule has 0 amide bonds. The first-order valence-corrected chi connectivity index (χ1v) is 11.2. The summed E-state index contributed by atoms with van der Waals surface area (Å²) in [6.07, 6.45) is 18.4. The molecule has 0 saturated carbocycles. The third kappa shape index (κ3) is 27.9. The molecule has 0 heterocycles.